The number of nitrogens with one attached hydrogen (secondary N) is 2. The molecule has 6 unspecified atom stereocenters. The van der Waals surface area contributed by atoms with Gasteiger partial charge in [-0.15, -0.1) is 0 Å². The summed E-state index contributed by atoms with van der Waals surface area (Å²) >= 11 is 0. The summed E-state index contributed by atoms with van der Waals surface area (Å²) in [7, 11) is 0. The van der Waals surface area contributed by atoms with Gasteiger partial charge in [-0.2, -0.15) is 0 Å². The fraction of sp³-hybridized carbons (Fsp3) is 0.600. The smallest absolute Gasteiger partial charge is 0.231 e. The van der Waals surface area contributed by atoms with Crippen LogP contribution in [-0.4, -0.2) is 53.1 Å². The molecular formula is C20H26N2O6. The summed E-state index contributed by atoms with van der Waals surface area (Å²) in [6.07, 6.45) is -1.06. The maximum Gasteiger partial charge on any atom is 0.231 e. The lowest BCUT2D eigenvalue weighted by atomic mass is 9.68. The third kappa shape index (κ3) is 3.31. The van der Waals surface area contributed by atoms with E-state index in [-0.39, 0.29) is 30.7 Å². The van der Waals surface area contributed by atoms with Crippen molar-refractivity contribution in [2.45, 2.75) is 56.9 Å². The highest BCUT2D eigenvalue weighted by atomic mass is 16.7. The normalized spacial score (nSPS) is 35.9. The SMILES string of the molecule is CC1CC(O)C(C(c2ccc3c(c2)OCO3)C2C(=O)NC(C)CC2O)C(=O)N1. The third-order valence-electron chi connectivity index (χ3n) is 5.96. The van der Waals surface area contributed by atoms with Crippen LogP contribution in [0, 0.1) is 11.8 Å². The standard InChI is InChI=1S/C20H26N2O6/c1-9-5-12(23)17(19(25)21-9)16(18-13(24)6-10(2)22-20(18)26)11-3-4-14-15(7-11)28-8-27-14/h3-4,7,9-10,12-13,16-18,23-24H,5-6,8H2,1-2H3,(H,21,25)(H,22,26). The molecule has 1 aromatic carbocycles. The van der Waals surface area contributed by atoms with Gasteiger partial charge in [0.05, 0.1) is 24.0 Å². The van der Waals surface area contributed by atoms with Gasteiger partial charge in [0.15, 0.2) is 11.5 Å². The summed E-state index contributed by atoms with van der Waals surface area (Å²) in [6.45, 7) is 3.77. The van der Waals surface area contributed by atoms with Crippen molar-refractivity contribution >= 4 is 11.8 Å². The minimum absolute atomic E-state index is 0.109. The molecule has 3 aliphatic heterocycles. The van der Waals surface area contributed by atoms with E-state index in [2.05, 4.69) is 10.6 Å². The van der Waals surface area contributed by atoms with Crippen LogP contribution in [0.5, 0.6) is 11.5 Å². The number of hydrogen-bond donors (Lipinski definition) is 4. The molecule has 2 amide bonds. The summed E-state index contributed by atoms with van der Waals surface area (Å²) in [5.41, 5.74) is 0.659. The molecule has 0 bridgehead atoms. The Kier molecular flexibility index (Phi) is 4.93. The van der Waals surface area contributed by atoms with Crippen LogP contribution in [0.3, 0.4) is 0 Å². The van der Waals surface area contributed by atoms with E-state index in [1.807, 2.05) is 13.8 Å². The van der Waals surface area contributed by atoms with Crippen LogP contribution in [0.1, 0.15) is 38.2 Å². The second kappa shape index (κ2) is 7.25. The van der Waals surface area contributed by atoms with E-state index in [1.54, 1.807) is 18.2 Å². The lowest BCUT2D eigenvalue weighted by molar-refractivity contribution is -0.142. The maximum atomic E-state index is 12.8. The minimum atomic E-state index is -0.918. The lowest BCUT2D eigenvalue weighted by Crippen LogP contribution is -2.58. The summed E-state index contributed by atoms with van der Waals surface area (Å²) < 4.78 is 10.8. The first kappa shape index (κ1) is 19.0. The van der Waals surface area contributed by atoms with E-state index in [0.29, 0.717) is 29.9 Å². The van der Waals surface area contributed by atoms with Crippen LogP contribution >= 0.6 is 0 Å². The van der Waals surface area contributed by atoms with Crippen molar-refractivity contribution in [1.29, 1.82) is 0 Å². The second-order valence-corrected chi connectivity index (χ2v) is 8.12. The molecule has 152 valence electrons. The van der Waals surface area contributed by atoms with E-state index in [9.17, 15) is 19.8 Å². The predicted octanol–water partition coefficient (Wildman–Crippen LogP) is 0.270. The number of piperidine rings is 2. The molecule has 0 aliphatic carbocycles. The first-order valence-corrected chi connectivity index (χ1v) is 9.71. The molecule has 8 nitrogen and oxygen atoms in total. The van der Waals surface area contributed by atoms with Gasteiger partial charge < -0.3 is 30.3 Å². The average Bonchev–Trinajstić information content (AvgIpc) is 3.06. The van der Waals surface area contributed by atoms with Gasteiger partial charge in [0.25, 0.3) is 0 Å². The van der Waals surface area contributed by atoms with Gasteiger partial charge in [0.1, 0.15) is 0 Å². The molecule has 0 aromatic heterocycles. The number of rotatable bonds is 3. The van der Waals surface area contributed by atoms with Crippen LogP contribution in [0.2, 0.25) is 0 Å². The maximum absolute atomic E-state index is 12.8. The number of ether oxygens (including phenoxy) is 2. The second-order valence-electron chi connectivity index (χ2n) is 8.12. The van der Waals surface area contributed by atoms with Gasteiger partial charge in [0.2, 0.25) is 18.6 Å². The molecule has 1 aromatic rings. The number of benzene rings is 1. The van der Waals surface area contributed by atoms with E-state index in [1.165, 1.54) is 0 Å². The molecule has 0 saturated carbocycles. The van der Waals surface area contributed by atoms with Crippen molar-refractivity contribution in [1.82, 2.24) is 10.6 Å². The van der Waals surface area contributed by atoms with Crippen LogP contribution < -0.4 is 20.1 Å². The molecule has 8 heteroatoms. The van der Waals surface area contributed by atoms with Gasteiger partial charge >= 0.3 is 0 Å². The van der Waals surface area contributed by atoms with Crippen LogP contribution in [-0.2, 0) is 9.59 Å². The van der Waals surface area contributed by atoms with E-state index >= 15 is 0 Å². The van der Waals surface area contributed by atoms with Gasteiger partial charge in [-0.1, -0.05) is 6.07 Å². The van der Waals surface area contributed by atoms with Crippen molar-refractivity contribution in [2.75, 3.05) is 6.79 Å². The third-order valence-corrected chi connectivity index (χ3v) is 5.96. The molecule has 0 spiro atoms. The summed E-state index contributed by atoms with van der Waals surface area (Å²) in [4.78, 5) is 25.7. The molecule has 3 aliphatic rings. The number of carbonyl (C=O) groups is 2. The van der Waals surface area contributed by atoms with Gasteiger partial charge in [-0.25, -0.2) is 0 Å². The highest BCUT2D eigenvalue weighted by Gasteiger charge is 2.49. The van der Waals surface area contributed by atoms with E-state index in [4.69, 9.17) is 9.47 Å². The Labute approximate surface area is 163 Å². The quantitative estimate of drug-likeness (QED) is 0.589. The first-order chi connectivity index (χ1) is 13.3. The molecule has 4 N–H and O–H groups in total. The first-order valence-electron chi connectivity index (χ1n) is 9.71. The Balaban J connectivity index is 1.77. The zero-order chi connectivity index (χ0) is 20.0. The van der Waals surface area contributed by atoms with E-state index in [0.717, 1.165) is 0 Å². The molecule has 2 fully saturated rings. The summed E-state index contributed by atoms with van der Waals surface area (Å²) in [5, 5.41) is 27.3. The molecule has 28 heavy (non-hydrogen) atoms. The molecular weight excluding hydrogens is 364 g/mol. The number of aliphatic hydroxyl groups excluding tert-OH is 2. The zero-order valence-electron chi connectivity index (χ0n) is 15.9. The number of carbonyl (C=O) groups excluding carboxylic acids is 2. The van der Waals surface area contributed by atoms with Crippen molar-refractivity contribution in [3.8, 4) is 11.5 Å². The monoisotopic (exact) mass is 390 g/mol. The molecule has 0 radical (unpaired) electrons. The predicted molar refractivity (Wildman–Crippen MR) is 98.7 cm³/mol. The van der Waals surface area contributed by atoms with Gasteiger partial charge in [-0.3, -0.25) is 9.59 Å². The fourth-order valence-electron chi connectivity index (χ4n) is 4.73. The Hall–Kier alpha value is -2.32. The Bertz CT molecular complexity index is 748. The van der Waals surface area contributed by atoms with E-state index < -0.39 is 30.0 Å². The fourth-order valence-corrected chi connectivity index (χ4v) is 4.73. The largest absolute Gasteiger partial charge is 0.454 e. The lowest BCUT2D eigenvalue weighted by Gasteiger charge is -2.43. The zero-order valence-corrected chi connectivity index (χ0v) is 15.9. The topological polar surface area (TPSA) is 117 Å². The van der Waals surface area contributed by atoms with Crippen LogP contribution in [0.15, 0.2) is 18.2 Å². The summed E-state index contributed by atoms with van der Waals surface area (Å²) in [6, 6.07) is 4.94. The van der Waals surface area contributed by atoms with Crippen molar-refractivity contribution in [3.63, 3.8) is 0 Å². The minimum Gasteiger partial charge on any atom is -0.454 e. The average molecular weight is 390 g/mol. The molecule has 6 atom stereocenters. The summed E-state index contributed by atoms with van der Waals surface area (Å²) in [5.74, 6) is -1.90. The number of aliphatic hydroxyl groups is 2. The van der Waals surface area contributed by atoms with Crippen molar-refractivity contribution in [2.24, 2.45) is 11.8 Å². The van der Waals surface area contributed by atoms with Gasteiger partial charge in [-0.05, 0) is 44.4 Å². The van der Waals surface area contributed by atoms with Crippen LogP contribution in [0.25, 0.3) is 0 Å². The van der Waals surface area contributed by atoms with Gasteiger partial charge in [0, 0.05) is 18.0 Å². The van der Waals surface area contributed by atoms with Crippen molar-refractivity contribution in [3.05, 3.63) is 23.8 Å². The molecule has 3 heterocycles. The Morgan fingerprint density at radius 2 is 1.46 bits per heavy atom. The Morgan fingerprint density at radius 3 is 2.00 bits per heavy atom. The number of hydrogen-bond acceptors (Lipinski definition) is 6. The van der Waals surface area contributed by atoms with Crippen molar-refractivity contribution < 1.29 is 29.3 Å². The highest BCUT2D eigenvalue weighted by molar-refractivity contribution is 5.86. The molecule has 2 saturated heterocycles. The number of amides is 2. The van der Waals surface area contributed by atoms with Crippen LogP contribution in [0.4, 0.5) is 0 Å². The number of fused-ring (bicyclic) bond motifs is 1. The Morgan fingerprint density at radius 1 is 0.929 bits per heavy atom. The highest BCUT2D eigenvalue weighted by Crippen LogP contribution is 2.44. The molecule has 4 rings (SSSR count).